The van der Waals surface area contributed by atoms with Crippen LogP contribution < -0.4 is 9.47 Å². The Balaban J connectivity index is 1.77. The van der Waals surface area contributed by atoms with Gasteiger partial charge >= 0.3 is 0 Å². The Labute approximate surface area is 116 Å². The van der Waals surface area contributed by atoms with E-state index in [4.69, 9.17) is 21.1 Å². The van der Waals surface area contributed by atoms with E-state index < -0.39 is 0 Å². The van der Waals surface area contributed by atoms with Gasteiger partial charge in [0.05, 0.1) is 5.02 Å². The third-order valence-electron chi connectivity index (χ3n) is 2.46. The molecule has 3 nitrogen and oxygen atoms in total. The minimum absolute atomic E-state index is 0.402. The smallest absolute Gasteiger partial charge is 0.150 e. The van der Waals surface area contributed by atoms with Crippen molar-refractivity contribution in [1.29, 1.82) is 0 Å². The molecule has 2 aromatic rings. The summed E-state index contributed by atoms with van der Waals surface area (Å²) in [6.45, 7) is 0.810. The number of hydrogen-bond donors (Lipinski definition) is 0. The average molecular weight is 277 g/mol. The largest absolute Gasteiger partial charge is 0.490 e. The summed E-state index contributed by atoms with van der Waals surface area (Å²) in [5.41, 5.74) is 0.625. The molecule has 0 N–H and O–H groups in total. The molecule has 0 unspecified atom stereocenters. The maximum absolute atomic E-state index is 10.5. The van der Waals surface area contributed by atoms with Crippen molar-refractivity contribution < 1.29 is 14.3 Å². The summed E-state index contributed by atoms with van der Waals surface area (Å²) in [6.07, 6.45) is 0.796. The van der Waals surface area contributed by atoms with Crippen molar-refractivity contribution in [2.45, 2.75) is 0 Å². The highest BCUT2D eigenvalue weighted by atomic mass is 35.5. The normalized spacial score (nSPS) is 9.95. The standard InChI is InChI=1S/C15H13ClO3/c16-14-3-1-2-4-15(14)19-10-9-18-13-7-5-12(11-17)6-8-13/h1-8,11H,9-10H2. The molecule has 4 heteroatoms. The molecular formula is C15H13ClO3. The van der Waals surface area contributed by atoms with Crippen molar-refractivity contribution >= 4 is 17.9 Å². The molecule has 0 atom stereocenters. The van der Waals surface area contributed by atoms with Crippen molar-refractivity contribution in [3.05, 3.63) is 59.1 Å². The predicted octanol–water partition coefficient (Wildman–Crippen LogP) is 3.61. The monoisotopic (exact) mass is 276 g/mol. The van der Waals surface area contributed by atoms with E-state index in [0.717, 1.165) is 6.29 Å². The molecule has 2 rings (SSSR count). The Morgan fingerprint density at radius 1 is 0.947 bits per heavy atom. The first-order chi connectivity index (χ1) is 9.29. The molecule has 98 valence electrons. The highest BCUT2D eigenvalue weighted by Crippen LogP contribution is 2.22. The van der Waals surface area contributed by atoms with E-state index in [-0.39, 0.29) is 0 Å². The van der Waals surface area contributed by atoms with E-state index in [9.17, 15) is 4.79 Å². The second-order valence-electron chi connectivity index (χ2n) is 3.81. The van der Waals surface area contributed by atoms with Gasteiger partial charge in [-0.1, -0.05) is 23.7 Å². The number of carbonyl (C=O) groups excluding carboxylic acids is 1. The number of halogens is 1. The van der Waals surface area contributed by atoms with Crippen molar-refractivity contribution in [3.63, 3.8) is 0 Å². The molecule has 2 aromatic carbocycles. The van der Waals surface area contributed by atoms with Crippen molar-refractivity contribution in [3.8, 4) is 11.5 Å². The molecule has 0 heterocycles. The van der Waals surface area contributed by atoms with E-state index in [1.54, 1.807) is 36.4 Å². The summed E-state index contributed by atoms with van der Waals surface area (Å²) in [4.78, 5) is 10.5. The summed E-state index contributed by atoms with van der Waals surface area (Å²) in [5, 5.41) is 0.581. The van der Waals surface area contributed by atoms with Crippen LogP contribution in [0.1, 0.15) is 10.4 Å². The van der Waals surface area contributed by atoms with Crippen LogP contribution in [0.15, 0.2) is 48.5 Å². The molecule has 0 radical (unpaired) electrons. The second-order valence-corrected chi connectivity index (χ2v) is 4.22. The van der Waals surface area contributed by atoms with E-state index in [1.165, 1.54) is 0 Å². The molecule has 0 aromatic heterocycles. The number of ether oxygens (including phenoxy) is 2. The molecule has 0 saturated carbocycles. The Bertz CT molecular complexity index is 537. The maximum atomic E-state index is 10.5. The molecule has 0 aliphatic heterocycles. The van der Waals surface area contributed by atoms with Gasteiger partial charge < -0.3 is 9.47 Å². The molecule has 0 amide bonds. The molecule has 0 aliphatic carbocycles. The molecule has 0 bridgehead atoms. The zero-order chi connectivity index (χ0) is 13.5. The zero-order valence-corrected chi connectivity index (χ0v) is 11.0. The van der Waals surface area contributed by atoms with Gasteiger partial charge in [0.25, 0.3) is 0 Å². The first kappa shape index (κ1) is 13.4. The number of rotatable bonds is 6. The first-order valence-electron chi connectivity index (χ1n) is 5.85. The van der Waals surface area contributed by atoms with Crippen LogP contribution in [0.4, 0.5) is 0 Å². The zero-order valence-electron chi connectivity index (χ0n) is 10.2. The van der Waals surface area contributed by atoms with Crippen LogP contribution in [0.25, 0.3) is 0 Å². The summed E-state index contributed by atoms with van der Waals surface area (Å²) in [7, 11) is 0. The fourth-order valence-corrected chi connectivity index (χ4v) is 1.71. The van der Waals surface area contributed by atoms with Crippen LogP contribution in [0, 0.1) is 0 Å². The van der Waals surface area contributed by atoms with Crippen molar-refractivity contribution in [2.24, 2.45) is 0 Å². The van der Waals surface area contributed by atoms with E-state index >= 15 is 0 Å². The van der Waals surface area contributed by atoms with Crippen molar-refractivity contribution in [2.75, 3.05) is 13.2 Å². The molecule has 0 aliphatic rings. The lowest BCUT2D eigenvalue weighted by atomic mass is 10.2. The van der Waals surface area contributed by atoms with Gasteiger partial charge in [0.1, 0.15) is 31.0 Å². The van der Waals surface area contributed by atoms with Crippen LogP contribution in [0.5, 0.6) is 11.5 Å². The number of hydrogen-bond acceptors (Lipinski definition) is 3. The number of carbonyl (C=O) groups is 1. The molecule has 0 fully saturated rings. The van der Waals surface area contributed by atoms with Gasteiger partial charge in [-0.3, -0.25) is 4.79 Å². The summed E-state index contributed by atoms with van der Waals surface area (Å²) in [5.74, 6) is 1.34. The number of aldehydes is 1. The Morgan fingerprint density at radius 2 is 1.63 bits per heavy atom. The fraction of sp³-hybridized carbons (Fsp3) is 0.133. The minimum atomic E-state index is 0.402. The SMILES string of the molecule is O=Cc1ccc(OCCOc2ccccc2Cl)cc1. The quantitative estimate of drug-likeness (QED) is 0.597. The number of benzene rings is 2. The third-order valence-corrected chi connectivity index (χ3v) is 2.77. The van der Waals surface area contributed by atoms with Gasteiger partial charge in [-0.2, -0.15) is 0 Å². The molecule has 0 spiro atoms. The lowest BCUT2D eigenvalue weighted by Crippen LogP contribution is -2.09. The fourth-order valence-electron chi connectivity index (χ4n) is 1.52. The minimum Gasteiger partial charge on any atom is -0.490 e. The highest BCUT2D eigenvalue weighted by Gasteiger charge is 1.99. The second kappa shape index (κ2) is 6.81. The Hall–Kier alpha value is -2.00. The lowest BCUT2D eigenvalue weighted by Gasteiger charge is -2.09. The summed E-state index contributed by atoms with van der Waals surface area (Å²) in [6, 6.07) is 14.2. The van der Waals surface area contributed by atoms with E-state index in [2.05, 4.69) is 0 Å². The summed E-state index contributed by atoms with van der Waals surface area (Å²) >= 11 is 5.95. The van der Waals surface area contributed by atoms with Gasteiger partial charge in [0, 0.05) is 5.56 Å². The molecule has 0 saturated heterocycles. The van der Waals surface area contributed by atoms with Crippen LogP contribution in [0.3, 0.4) is 0 Å². The van der Waals surface area contributed by atoms with Crippen LogP contribution >= 0.6 is 11.6 Å². The Kier molecular flexibility index (Phi) is 4.81. The van der Waals surface area contributed by atoms with Crippen LogP contribution in [-0.2, 0) is 0 Å². The van der Waals surface area contributed by atoms with Crippen LogP contribution in [-0.4, -0.2) is 19.5 Å². The maximum Gasteiger partial charge on any atom is 0.150 e. The van der Waals surface area contributed by atoms with E-state index in [1.807, 2.05) is 12.1 Å². The predicted molar refractivity (Wildman–Crippen MR) is 74.3 cm³/mol. The van der Waals surface area contributed by atoms with Gasteiger partial charge in [0.2, 0.25) is 0 Å². The van der Waals surface area contributed by atoms with Gasteiger partial charge in [-0.15, -0.1) is 0 Å². The van der Waals surface area contributed by atoms with E-state index in [0.29, 0.717) is 35.3 Å². The van der Waals surface area contributed by atoms with Gasteiger partial charge in [-0.05, 0) is 36.4 Å². The third kappa shape index (κ3) is 4.00. The molecular weight excluding hydrogens is 264 g/mol. The van der Waals surface area contributed by atoms with Crippen molar-refractivity contribution in [1.82, 2.24) is 0 Å². The molecule has 19 heavy (non-hydrogen) atoms. The van der Waals surface area contributed by atoms with Crippen LogP contribution in [0.2, 0.25) is 5.02 Å². The number of para-hydroxylation sites is 1. The summed E-state index contributed by atoms with van der Waals surface area (Å²) < 4.78 is 11.0. The van der Waals surface area contributed by atoms with Gasteiger partial charge in [0.15, 0.2) is 0 Å². The average Bonchev–Trinajstić information content (AvgIpc) is 2.46. The Morgan fingerprint density at radius 3 is 2.32 bits per heavy atom. The first-order valence-corrected chi connectivity index (χ1v) is 6.23. The lowest BCUT2D eigenvalue weighted by molar-refractivity contribution is 0.112. The highest BCUT2D eigenvalue weighted by molar-refractivity contribution is 6.32. The topological polar surface area (TPSA) is 35.5 Å². The van der Waals surface area contributed by atoms with Gasteiger partial charge in [-0.25, -0.2) is 0 Å².